The van der Waals surface area contributed by atoms with Crippen molar-refractivity contribution in [3.05, 3.63) is 35.3 Å². The Morgan fingerprint density at radius 1 is 1.27 bits per heavy atom. The lowest BCUT2D eigenvalue weighted by Gasteiger charge is -2.14. The predicted octanol–water partition coefficient (Wildman–Crippen LogP) is 1.76. The molecule has 0 aliphatic rings. The van der Waals surface area contributed by atoms with Crippen LogP contribution in [0.25, 0.3) is 0 Å². The zero-order valence-electron chi connectivity index (χ0n) is 8.42. The van der Waals surface area contributed by atoms with Crippen LogP contribution in [0.15, 0.2) is 30.3 Å². The maximum absolute atomic E-state index is 5.49. The molecule has 2 rings (SSSR count). The summed E-state index contributed by atoms with van der Waals surface area (Å²) in [5.41, 5.74) is 6.59. The topological polar surface area (TPSA) is 55.0 Å². The van der Waals surface area contributed by atoms with E-state index < -0.39 is 0 Å². The van der Waals surface area contributed by atoms with Crippen LogP contribution < -0.4 is 10.6 Å². The SMILES string of the molecule is CN(c1ccccc1)c1nnc(CN)s1. The van der Waals surface area contributed by atoms with Crippen molar-refractivity contribution in [2.75, 3.05) is 11.9 Å². The molecule has 2 aromatic rings. The molecule has 78 valence electrons. The predicted molar refractivity (Wildman–Crippen MR) is 62.3 cm³/mol. The highest BCUT2D eigenvalue weighted by Gasteiger charge is 2.08. The number of aromatic nitrogens is 2. The summed E-state index contributed by atoms with van der Waals surface area (Å²) in [6.45, 7) is 0.445. The molecule has 1 aromatic heterocycles. The molecule has 5 heteroatoms. The molecule has 0 saturated heterocycles. The Labute approximate surface area is 92.4 Å². The monoisotopic (exact) mass is 220 g/mol. The van der Waals surface area contributed by atoms with Gasteiger partial charge in [-0.15, -0.1) is 10.2 Å². The summed E-state index contributed by atoms with van der Waals surface area (Å²) in [6.07, 6.45) is 0. The van der Waals surface area contributed by atoms with Crippen LogP contribution in [-0.4, -0.2) is 17.2 Å². The highest BCUT2D eigenvalue weighted by atomic mass is 32.1. The Bertz CT molecular complexity index is 426. The Kier molecular flexibility index (Phi) is 2.94. The second-order valence-corrected chi connectivity index (χ2v) is 4.12. The third-order valence-corrected chi connectivity index (χ3v) is 3.08. The number of para-hydroxylation sites is 1. The van der Waals surface area contributed by atoms with E-state index in [1.165, 1.54) is 11.3 Å². The van der Waals surface area contributed by atoms with Crippen LogP contribution in [0.2, 0.25) is 0 Å². The van der Waals surface area contributed by atoms with Crippen LogP contribution in [0, 0.1) is 0 Å². The Morgan fingerprint density at radius 2 is 2.00 bits per heavy atom. The van der Waals surface area contributed by atoms with Crippen LogP contribution >= 0.6 is 11.3 Å². The zero-order valence-corrected chi connectivity index (χ0v) is 9.24. The molecule has 4 nitrogen and oxygen atoms in total. The van der Waals surface area contributed by atoms with Crippen molar-refractivity contribution in [2.45, 2.75) is 6.54 Å². The second-order valence-electron chi connectivity index (χ2n) is 3.08. The van der Waals surface area contributed by atoms with Gasteiger partial charge in [-0.2, -0.15) is 0 Å². The molecule has 0 amide bonds. The van der Waals surface area contributed by atoms with Crippen molar-refractivity contribution >= 4 is 22.2 Å². The van der Waals surface area contributed by atoms with E-state index in [0.717, 1.165) is 15.8 Å². The molecule has 0 spiro atoms. The molecule has 0 unspecified atom stereocenters. The molecule has 15 heavy (non-hydrogen) atoms. The minimum absolute atomic E-state index is 0.445. The number of nitrogens with two attached hydrogens (primary N) is 1. The van der Waals surface area contributed by atoms with E-state index in [4.69, 9.17) is 5.73 Å². The average Bonchev–Trinajstić information content (AvgIpc) is 2.78. The number of anilines is 2. The Morgan fingerprint density at radius 3 is 2.60 bits per heavy atom. The number of rotatable bonds is 3. The van der Waals surface area contributed by atoms with E-state index in [2.05, 4.69) is 10.2 Å². The van der Waals surface area contributed by atoms with Crippen LogP contribution in [0.5, 0.6) is 0 Å². The number of hydrogen-bond donors (Lipinski definition) is 1. The molecule has 0 atom stereocenters. The van der Waals surface area contributed by atoms with Crippen molar-refractivity contribution in [3.63, 3.8) is 0 Å². The first-order valence-corrected chi connectivity index (χ1v) is 5.44. The van der Waals surface area contributed by atoms with Gasteiger partial charge in [-0.25, -0.2) is 0 Å². The molecule has 0 aliphatic carbocycles. The van der Waals surface area contributed by atoms with Gasteiger partial charge in [0.05, 0.1) is 0 Å². The van der Waals surface area contributed by atoms with Crippen molar-refractivity contribution in [1.29, 1.82) is 0 Å². The Hall–Kier alpha value is -1.46. The first kappa shape index (κ1) is 10.1. The maximum atomic E-state index is 5.49. The minimum atomic E-state index is 0.445. The lowest BCUT2D eigenvalue weighted by Crippen LogP contribution is -2.08. The van der Waals surface area contributed by atoms with Crippen LogP contribution in [0.4, 0.5) is 10.8 Å². The maximum Gasteiger partial charge on any atom is 0.212 e. The van der Waals surface area contributed by atoms with Crippen molar-refractivity contribution in [3.8, 4) is 0 Å². The normalized spacial score (nSPS) is 10.3. The van der Waals surface area contributed by atoms with E-state index in [9.17, 15) is 0 Å². The highest BCUT2D eigenvalue weighted by molar-refractivity contribution is 7.15. The molecule has 0 aliphatic heterocycles. The largest absolute Gasteiger partial charge is 0.324 e. The molecule has 1 heterocycles. The van der Waals surface area contributed by atoms with Crippen LogP contribution in [0.3, 0.4) is 0 Å². The summed E-state index contributed by atoms with van der Waals surface area (Å²) < 4.78 is 0. The third kappa shape index (κ3) is 2.14. The van der Waals surface area contributed by atoms with Gasteiger partial charge in [0, 0.05) is 19.3 Å². The highest BCUT2D eigenvalue weighted by Crippen LogP contribution is 2.25. The Balaban J connectivity index is 2.24. The fourth-order valence-electron chi connectivity index (χ4n) is 1.22. The third-order valence-electron chi connectivity index (χ3n) is 2.06. The van der Waals surface area contributed by atoms with Crippen LogP contribution in [-0.2, 0) is 6.54 Å². The molecule has 0 bridgehead atoms. The van der Waals surface area contributed by atoms with Gasteiger partial charge in [-0.05, 0) is 12.1 Å². The molecule has 0 saturated carbocycles. The van der Waals surface area contributed by atoms with Gasteiger partial charge in [0.2, 0.25) is 5.13 Å². The fourth-order valence-corrected chi connectivity index (χ4v) is 1.92. The fraction of sp³-hybridized carbons (Fsp3) is 0.200. The first-order chi connectivity index (χ1) is 7.31. The summed E-state index contributed by atoms with van der Waals surface area (Å²) in [5.74, 6) is 0. The quantitative estimate of drug-likeness (QED) is 0.856. The summed E-state index contributed by atoms with van der Waals surface area (Å²) in [5, 5.41) is 9.78. The smallest absolute Gasteiger partial charge is 0.212 e. The molecular formula is C10H12N4S. The first-order valence-electron chi connectivity index (χ1n) is 4.62. The van der Waals surface area contributed by atoms with E-state index in [0.29, 0.717) is 6.54 Å². The zero-order chi connectivity index (χ0) is 10.7. The standard InChI is InChI=1S/C10H12N4S/c1-14(8-5-3-2-4-6-8)10-13-12-9(7-11)15-10/h2-6H,7,11H2,1H3. The van der Waals surface area contributed by atoms with E-state index in [1.807, 2.05) is 42.3 Å². The molecular weight excluding hydrogens is 208 g/mol. The van der Waals surface area contributed by atoms with Crippen LogP contribution in [0.1, 0.15) is 5.01 Å². The van der Waals surface area contributed by atoms with Gasteiger partial charge in [-0.1, -0.05) is 29.5 Å². The summed E-state index contributed by atoms with van der Waals surface area (Å²) in [4.78, 5) is 2.00. The second kappa shape index (κ2) is 4.37. The lowest BCUT2D eigenvalue weighted by molar-refractivity contribution is 0.949. The summed E-state index contributed by atoms with van der Waals surface area (Å²) in [7, 11) is 1.97. The van der Waals surface area contributed by atoms with E-state index in [-0.39, 0.29) is 0 Å². The van der Waals surface area contributed by atoms with E-state index in [1.54, 1.807) is 0 Å². The van der Waals surface area contributed by atoms with Gasteiger partial charge in [-0.3, -0.25) is 0 Å². The lowest BCUT2D eigenvalue weighted by atomic mass is 10.3. The molecule has 0 radical (unpaired) electrons. The van der Waals surface area contributed by atoms with Crippen molar-refractivity contribution < 1.29 is 0 Å². The average molecular weight is 220 g/mol. The molecule has 1 aromatic carbocycles. The summed E-state index contributed by atoms with van der Waals surface area (Å²) >= 11 is 1.51. The van der Waals surface area contributed by atoms with Gasteiger partial charge >= 0.3 is 0 Å². The van der Waals surface area contributed by atoms with Crippen molar-refractivity contribution in [1.82, 2.24) is 10.2 Å². The van der Waals surface area contributed by atoms with Gasteiger partial charge in [0.15, 0.2) is 0 Å². The van der Waals surface area contributed by atoms with E-state index >= 15 is 0 Å². The number of benzene rings is 1. The number of nitrogens with zero attached hydrogens (tertiary/aromatic N) is 3. The number of hydrogen-bond acceptors (Lipinski definition) is 5. The van der Waals surface area contributed by atoms with Gasteiger partial charge < -0.3 is 10.6 Å². The molecule has 0 fully saturated rings. The molecule has 2 N–H and O–H groups in total. The van der Waals surface area contributed by atoms with Gasteiger partial charge in [0.25, 0.3) is 0 Å². The summed E-state index contributed by atoms with van der Waals surface area (Å²) in [6, 6.07) is 10.0. The van der Waals surface area contributed by atoms with Crippen molar-refractivity contribution in [2.24, 2.45) is 5.73 Å². The van der Waals surface area contributed by atoms with Gasteiger partial charge in [0.1, 0.15) is 5.01 Å². The minimum Gasteiger partial charge on any atom is -0.324 e.